The third-order valence-corrected chi connectivity index (χ3v) is 3.43. The number of oxime groups is 1. The number of hydrogen-bond donors (Lipinski definition) is 1. The molecule has 0 fully saturated rings. The van der Waals surface area contributed by atoms with Crippen molar-refractivity contribution in [3.8, 4) is 0 Å². The Kier molecular flexibility index (Phi) is 5.81. The molecule has 1 aromatic carbocycles. The van der Waals surface area contributed by atoms with E-state index in [0.717, 1.165) is 11.3 Å². The Morgan fingerprint density at radius 2 is 2.04 bits per heavy atom. The number of anilines is 1. The molecule has 0 aliphatic heterocycles. The zero-order chi connectivity index (χ0) is 16.7. The number of esters is 1. The predicted octanol–water partition coefficient (Wildman–Crippen LogP) is 3.29. The first kappa shape index (κ1) is 16.6. The Morgan fingerprint density at radius 1 is 1.30 bits per heavy atom. The van der Waals surface area contributed by atoms with Gasteiger partial charge in [-0.15, -0.1) is 11.3 Å². The normalized spacial score (nSPS) is 11.0. The Hall–Kier alpha value is -2.74. The fourth-order valence-electron chi connectivity index (χ4n) is 1.55. The van der Waals surface area contributed by atoms with Gasteiger partial charge in [0.05, 0.1) is 12.3 Å². The molecular weight excluding hydrogens is 318 g/mol. The van der Waals surface area contributed by atoms with Gasteiger partial charge in [-0.25, -0.2) is 14.6 Å². The van der Waals surface area contributed by atoms with Gasteiger partial charge >= 0.3 is 12.1 Å². The quantitative estimate of drug-likeness (QED) is 0.392. The van der Waals surface area contributed by atoms with Crippen molar-refractivity contribution in [3.05, 3.63) is 46.4 Å². The highest BCUT2D eigenvalue weighted by Crippen LogP contribution is 2.12. The number of thiazole rings is 1. The van der Waals surface area contributed by atoms with Crippen LogP contribution in [0.4, 0.5) is 10.5 Å². The summed E-state index contributed by atoms with van der Waals surface area (Å²) in [7, 11) is 0. The molecule has 0 aliphatic carbocycles. The molecule has 8 heteroatoms. The molecule has 0 radical (unpaired) electrons. The summed E-state index contributed by atoms with van der Waals surface area (Å²) in [5.74, 6) is -0.487. The Balaban J connectivity index is 1.94. The van der Waals surface area contributed by atoms with E-state index in [9.17, 15) is 9.59 Å². The molecule has 0 bridgehead atoms. The fourth-order valence-corrected chi connectivity index (χ4v) is 2.30. The average Bonchev–Trinajstić information content (AvgIpc) is 3.04. The number of ether oxygens (including phenoxy) is 1. The summed E-state index contributed by atoms with van der Waals surface area (Å²) in [6.07, 6.45) is -0.712. The summed E-state index contributed by atoms with van der Waals surface area (Å²) in [4.78, 5) is 32.0. The molecule has 2 aromatic rings. The fraction of sp³-hybridized carbons (Fsp3) is 0.200. The van der Waals surface area contributed by atoms with E-state index < -0.39 is 12.1 Å². The van der Waals surface area contributed by atoms with Gasteiger partial charge in [-0.1, -0.05) is 23.4 Å². The van der Waals surface area contributed by atoms with Gasteiger partial charge in [-0.05, 0) is 26.0 Å². The molecule has 1 heterocycles. The maximum Gasteiger partial charge on any atom is 0.437 e. The molecule has 0 aliphatic rings. The van der Waals surface area contributed by atoms with Gasteiger partial charge in [0.25, 0.3) is 0 Å². The number of benzene rings is 1. The highest BCUT2D eigenvalue weighted by Gasteiger charge is 2.14. The summed E-state index contributed by atoms with van der Waals surface area (Å²) < 4.78 is 4.86. The van der Waals surface area contributed by atoms with E-state index >= 15 is 0 Å². The largest absolute Gasteiger partial charge is 0.461 e. The van der Waals surface area contributed by atoms with E-state index in [-0.39, 0.29) is 11.6 Å². The minimum atomic E-state index is -0.712. The lowest BCUT2D eigenvalue weighted by molar-refractivity contribution is 0.0526. The van der Waals surface area contributed by atoms with Gasteiger partial charge in [0, 0.05) is 11.1 Å². The first-order chi connectivity index (χ1) is 11.1. The molecule has 1 amide bonds. The average molecular weight is 333 g/mol. The molecule has 23 heavy (non-hydrogen) atoms. The Labute approximate surface area is 136 Å². The maximum atomic E-state index is 11.6. The molecular formula is C15H15N3O4S. The van der Waals surface area contributed by atoms with E-state index in [2.05, 4.69) is 15.5 Å². The lowest BCUT2D eigenvalue weighted by Crippen LogP contribution is -2.12. The van der Waals surface area contributed by atoms with Crippen LogP contribution in [0.25, 0.3) is 0 Å². The van der Waals surface area contributed by atoms with Crippen molar-refractivity contribution in [2.24, 2.45) is 5.16 Å². The van der Waals surface area contributed by atoms with Gasteiger partial charge in [0.2, 0.25) is 5.01 Å². The number of carbonyl (C=O) groups is 2. The Bertz CT molecular complexity index is 713. The smallest absolute Gasteiger partial charge is 0.437 e. The molecule has 0 saturated heterocycles. The number of nitrogens with zero attached hydrogens (tertiary/aromatic N) is 2. The number of amides is 1. The first-order valence-electron chi connectivity index (χ1n) is 6.80. The predicted molar refractivity (Wildman–Crippen MR) is 86.8 cm³/mol. The summed E-state index contributed by atoms with van der Waals surface area (Å²) in [6, 6.07) is 8.86. The monoisotopic (exact) mass is 333 g/mol. The van der Waals surface area contributed by atoms with Crippen LogP contribution in [0.1, 0.15) is 29.3 Å². The number of rotatable bonds is 5. The molecule has 120 valence electrons. The number of hydrogen-bond acceptors (Lipinski definition) is 7. The molecule has 7 nitrogen and oxygen atoms in total. The van der Waals surface area contributed by atoms with E-state index in [0.29, 0.717) is 17.1 Å². The highest BCUT2D eigenvalue weighted by molar-refractivity contribution is 7.11. The highest BCUT2D eigenvalue weighted by atomic mass is 32.1. The van der Waals surface area contributed by atoms with Crippen molar-refractivity contribution in [2.45, 2.75) is 13.8 Å². The minimum absolute atomic E-state index is 0.227. The topological polar surface area (TPSA) is 89.9 Å². The summed E-state index contributed by atoms with van der Waals surface area (Å²) >= 11 is 1.14. The molecule has 0 unspecified atom stereocenters. The van der Waals surface area contributed by atoms with Crippen molar-refractivity contribution in [1.29, 1.82) is 0 Å². The van der Waals surface area contributed by atoms with Gasteiger partial charge in [-0.2, -0.15) is 0 Å². The molecule has 0 spiro atoms. The lowest BCUT2D eigenvalue weighted by atomic mass is 10.3. The van der Waals surface area contributed by atoms with Crippen LogP contribution in [0.2, 0.25) is 0 Å². The SMILES string of the molecule is CCOC(=O)c1nc(C(C)=NOC(=O)Nc2ccccc2)cs1. The molecule has 2 rings (SSSR count). The minimum Gasteiger partial charge on any atom is -0.461 e. The summed E-state index contributed by atoms with van der Waals surface area (Å²) in [5, 5.41) is 8.10. The van der Waals surface area contributed by atoms with Gasteiger partial charge < -0.3 is 4.74 Å². The van der Waals surface area contributed by atoms with E-state index in [4.69, 9.17) is 9.57 Å². The van der Waals surface area contributed by atoms with E-state index in [1.807, 2.05) is 6.07 Å². The summed E-state index contributed by atoms with van der Waals surface area (Å²) in [6.45, 7) is 3.63. The number of carbonyl (C=O) groups excluding carboxylic acids is 2. The molecule has 1 N–H and O–H groups in total. The van der Waals surface area contributed by atoms with Crippen LogP contribution in [0.3, 0.4) is 0 Å². The van der Waals surface area contributed by atoms with Gasteiger partial charge in [-0.3, -0.25) is 10.2 Å². The van der Waals surface area contributed by atoms with E-state index in [1.54, 1.807) is 43.5 Å². The number of nitrogens with one attached hydrogen (secondary N) is 1. The first-order valence-corrected chi connectivity index (χ1v) is 7.68. The Morgan fingerprint density at radius 3 is 2.74 bits per heavy atom. The second kappa shape index (κ2) is 8.04. The van der Waals surface area contributed by atoms with Crippen molar-refractivity contribution < 1.29 is 19.2 Å². The van der Waals surface area contributed by atoms with Gasteiger partial charge in [0.1, 0.15) is 5.71 Å². The summed E-state index contributed by atoms with van der Waals surface area (Å²) in [5.41, 5.74) is 1.43. The van der Waals surface area contributed by atoms with Crippen molar-refractivity contribution in [2.75, 3.05) is 11.9 Å². The van der Waals surface area contributed by atoms with Crippen LogP contribution in [-0.4, -0.2) is 29.4 Å². The van der Waals surface area contributed by atoms with Crippen molar-refractivity contribution in [3.63, 3.8) is 0 Å². The van der Waals surface area contributed by atoms with Crippen LogP contribution >= 0.6 is 11.3 Å². The zero-order valence-electron chi connectivity index (χ0n) is 12.6. The molecule has 0 saturated carbocycles. The number of aromatic nitrogens is 1. The standard InChI is InChI=1S/C15H15N3O4S/c1-3-21-14(19)13-17-12(9-23-13)10(2)18-22-15(20)16-11-7-5-4-6-8-11/h4-9H,3H2,1-2H3,(H,16,20). The van der Waals surface area contributed by atoms with Crippen LogP contribution in [0.15, 0.2) is 40.9 Å². The zero-order valence-corrected chi connectivity index (χ0v) is 13.4. The van der Waals surface area contributed by atoms with Crippen LogP contribution < -0.4 is 5.32 Å². The van der Waals surface area contributed by atoms with Gasteiger partial charge in [0.15, 0.2) is 0 Å². The lowest BCUT2D eigenvalue weighted by Gasteiger charge is -2.02. The number of para-hydroxylation sites is 1. The maximum absolute atomic E-state index is 11.6. The molecule has 0 atom stereocenters. The van der Waals surface area contributed by atoms with E-state index in [1.165, 1.54) is 0 Å². The third kappa shape index (κ3) is 4.89. The second-order valence-electron chi connectivity index (χ2n) is 4.30. The van der Waals surface area contributed by atoms with Crippen molar-refractivity contribution >= 4 is 34.8 Å². The van der Waals surface area contributed by atoms with Crippen molar-refractivity contribution in [1.82, 2.24) is 4.98 Å². The second-order valence-corrected chi connectivity index (χ2v) is 5.16. The third-order valence-electron chi connectivity index (χ3n) is 2.61. The van der Waals surface area contributed by atoms with Crippen LogP contribution in [0.5, 0.6) is 0 Å². The molecule has 1 aromatic heterocycles. The van der Waals surface area contributed by atoms with Crippen LogP contribution in [-0.2, 0) is 9.57 Å². The van der Waals surface area contributed by atoms with Crippen LogP contribution in [0, 0.1) is 0 Å².